The number of alkyl halides is 1. The van der Waals surface area contributed by atoms with Crippen molar-refractivity contribution in [3.8, 4) is 0 Å². The molecule has 0 aliphatic rings. The first-order valence-corrected chi connectivity index (χ1v) is 5.72. The maximum Gasteiger partial charge on any atom is 0.298 e. The smallest absolute Gasteiger partial charge is 0.298 e. The number of aromatic nitrogens is 2. The Morgan fingerprint density at radius 2 is 2.31 bits per heavy atom. The van der Waals surface area contributed by atoms with Crippen LogP contribution < -0.4 is 0 Å². The molecule has 0 spiro atoms. The van der Waals surface area contributed by atoms with E-state index in [9.17, 15) is 10.1 Å². The number of nitrogens with zero attached hydrogens (tertiary/aromatic N) is 3. The topological polar surface area (TPSA) is 61.0 Å². The van der Waals surface area contributed by atoms with Gasteiger partial charge in [-0.25, -0.2) is 4.98 Å². The van der Waals surface area contributed by atoms with Crippen molar-refractivity contribution in [3.63, 3.8) is 0 Å². The average Bonchev–Trinajstić information content (AvgIpc) is 2.55. The molecule has 0 unspecified atom stereocenters. The molecule has 7 heteroatoms. The lowest BCUT2D eigenvalue weighted by Crippen LogP contribution is -1.93. The summed E-state index contributed by atoms with van der Waals surface area (Å²) in [7, 11) is 1.78. The SMILES string of the molecule is Cn1c(CCl)nc2c([N+](=O)[O-])cc(Br)cc21. The number of hydrogen-bond donors (Lipinski definition) is 0. The quantitative estimate of drug-likeness (QED) is 0.487. The van der Waals surface area contributed by atoms with Gasteiger partial charge in [-0.05, 0) is 6.07 Å². The van der Waals surface area contributed by atoms with Gasteiger partial charge in [0, 0.05) is 17.6 Å². The fourth-order valence-corrected chi connectivity index (χ4v) is 2.22. The number of benzene rings is 1. The molecule has 0 aliphatic carbocycles. The van der Waals surface area contributed by atoms with Crippen LogP contribution in [0.4, 0.5) is 5.69 Å². The van der Waals surface area contributed by atoms with Crippen LogP contribution in [-0.2, 0) is 12.9 Å². The Morgan fingerprint density at radius 3 is 2.88 bits per heavy atom. The lowest BCUT2D eigenvalue weighted by molar-refractivity contribution is -0.383. The highest BCUT2D eigenvalue weighted by Crippen LogP contribution is 2.30. The molecular weight excluding hydrogens is 297 g/mol. The molecule has 0 fully saturated rings. The summed E-state index contributed by atoms with van der Waals surface area (Å²) in [5, 5.41) is 10.9. The molecule has 84 valence electrons. The zero-order valence-corrected chi connectivity index (χ0v) is 10.6. The molecule has 2 aromatic rings. The second-order valence-electron chi connectivity index (χ2n) is 3.27. The molecular formula is C9H7BrClN3O2. The molecule has 0 atom stereocenters. The van der Waals surface area contributed by atoms with E-state index in [0.29, 0.717) is 21.3 Å². The Balaban J connectivity index is 2.87. The standard InChI is InChI=1S/C9H7BrClN3O2/c1-13-6-2-5(10)3-7(14(15)16)9(6)12-8(13)4-11/h2-3H,4H2,1H3. The molecule has 0 saturated carbocycles. The molecule has 0 bridgehead atoms. The Bertz CT molecular complexity index is 582. The van der Waals surface area contributed by atoms with Crippen molar-refractivity contribution in [3.05, 3.63) is 32.5 Å². The molecule has 2 rings (SSSR count). The van der Waals surface area contributed by atoms with E-state index in [1.807, 2.05) is 0 Å². The fraction of sp³-hybridized carbons (Fsp3) is 0.222. The third-order valence-electron chi connectivity index (χ3n) is 2.34. The van der Waals surface area contributed by atoms with Gasteiger partial charge in [-0.2, -0.15) is 0 Å². The summed E-state index contributed by atoms with van der Waals surface area (Å²) < 4.78 is 2.40. The first kappa shape index (κ1) is 11.3. The van der Waals surface area contributed by atoms with E-state index in [1.165, 1.54) is 6.07 Å². The van der Waals surface area contributed by atoms with Gasteiger partial charge in [-0.1, -0.05) is 15.9 Å². The Hall–Kier alpha value is -1.14. The number of rotatable bonds is 2. The van der Waals surface area contributed by atoms with Crippen LogP contribution in [0, 0.1) is 10.1 Å². The third-order valence-corrected chi connectivity index (χ3v) is 3.04. The maximum atomic E-state index is 10.9. The predicted octanol–water partition coefficient (Wildman–Crippen LogP) is 2.98. The number of aryl methyl sites for hydroxylation is 1. The Labute approximate surface area is 104 Å². The van der Waals surface area contributed by atoms with E-state index in [-0.39, 0.29) is 11.6 Å². The summed E-state index contributed by atoms with van der Waals surface area (Å²) in [5.74, 6) is 0.831. The van der Waals surface area contributed by atoms with Crippen molar-refractivity contribution < 1.29 is 4.92 Å². The highest BCUT2D eigenvalue weighted by atomic mass is 79.9. The number of fused-ring (bicyclic) bond motifs is 1. The van der Waals surface area contributed by atoms with E-state index in [1.54, 1.807) is 17.7 Å². The van der Waals surface area contributed by atoms with Crippen LogP contribution in [0.15, 0.2) is 16.6 Å². The Kier molecular flexibility index (Phi) is 2.86. The molecule has 0 aliphatic heterocycles. The van der Waals surface area contributed by atoms with Gasteiger partial charge in [0.2, 0.25) is 0 Å². The summed E-state index contributed by atoms with van der Waals surface area (Å²) in [6.45, 7) is 0. The van der Waals surface area contributed by atoms with Gasteiger partial charge >= 0.3 is 0 Å². The summed E-state index contributed by atoms with van der Waals surface area (Å²) in [4.78, 5) is 14.6. The van der Waals surface area contributed by atoms with Crippen molar-refractivity contribution in [2.75, 3.05) is 0 Å². The zero-order chi connectivity index (χ0) is 11.9. The monoisotopic (exact) mass is 303 g/mol. The van der Waals surface area contributed by atoms with Crippen LogP contribution in [0.5, 0.6) is 0 Å². The molecule has 1 aromatic heterocycles. The minimum Gasteiger partial charge on any atom is -0.330 e. The first-order chi connectivity index (χ1) is 7.54. The van der Waals surface area contributed by atoms with Gasteiger partial charge in [0.1, 0.15) is 5.82 Å². The van der Waals surface area contributed by atoms with Crippen LogP contribution in [0.2, 0.25) is 0 Å². The van der Waals surface area contributed by atoms with Crippen molar-refractivity contribution in [2.45, 2.75) is 5.88 Å². The van der Waals surface area contributed by atoms with Gasteiger partial charge in [-0.15, -0.1) is 11.6 Å². The van der Waals surface area contributed by atoms with Gasteiger partial charge in [-0.3, -0.25) is 10.1 Å². The number of non-ortho nitro benzene ring substituents is 1. The zero-order valence-electron chi connectivity index (χ0n) is 8.28. The lowest BCUT2D eigenvalue weighted by atomic mass is 10.3. The van der Waals surface area contributed by atoms with E-state index in [0.717, 1.165) is 0 Å². The van der Waals surface area contributed by atoms with E-state index in [2.05, 4.69) is 20.9 Å². The molecule has 1 aromatic carbocycles. The molecule has 0 amide bonds. The fourth-order valence-electron chi connectivity index (χ4n) is 1.54. The average molecular weight is 305 g/mol. The summed E-state index contributed by atoms with van der Waals surface area (Å²) in [6.07, 6.45) is 0. The van der Waals surface area contributed by atoms with Gasteiger partial charge < -0.3 is 4.57 Å². The van der Waals surface area contributed by atoms with E-state index in [4.69, 9.17) is 11.6 Å². The van der Waals surface area contributed by atoms with Gasteiger partial charge in [0.15, 0.2) is 5.52 Å². The van der Waals surface area contributed by atoms with Crippen molar-refractivity contribution in [1.29, 1.82) is 0 Å². The molecule has 0 radical (unpaired) electrons. The van der Waals surface area contributed by atoms with E-state index < -0.39 is 4.92 Å². The first-order valence-electron chi connectivity index (χ1n) is 4.39. The number of halogens is 2. The normalized spacial score (nSPS) is 10.9. The van der Waals surface area contributed by atoms with Crippen LogP contribution in [-0.4, -0.2) is 14.5 Å². The van der Waals surface area contributed by atoms with Gasteiger partial charge in [0.25, 0.3) is 5.69 Å². The summed E-state index contributed by atoms with van der Waals surface area (Å²) >= 11 is 8.95. The third kappa shape index (κ3) is 1.68. The number of hydrogen-bond acceptors (Lipinski definition) is 3. The summed E-state index contributed by atoms with van der Waals surface area (Å²) in [5.41, 5.74) is 1.04. The van der Waals surface area contributed by atoms with Crippen LogP contribution in [0.1, 0.15) is 5.82 Å². The maximum absolute atomic E-state index is 10.9. The van der Waals surface area contributed by atoms with Crippen LogP contribution >= 0.6 is 27.5 Å². The lowest BCUT2D eigenvalue weighted by Gasteiger charge is -1.98. The molecule has 0 saturated heterocycles. The molecule has 0 N–H and O–H groups in total. The number of nitro groups is 1. The van der Waals surface area contributed by atoms with E-state index >= 15 is 0 Å². The van der Waals surface area contributed by atoms with Gasteiger partial charge in [0.05, 0.1) is 16.3 Å². The second-order valence-corrected chi connectivity index (χ2v) is 4.45. The van der Waals surface area contributed by atoms with Crippen LogP contribution in [0.25, 0.3) is 11.0 Å². The largest absolute Gasteiger partial charge is 0.330 e. The van der Waals surface area contributed by atoms with Crippen LogP contribution in [0.3, 0.4) is 0 Å². The number of nitro benzene ring substituents is 1. The Morgan fingerprint density at radius 1 is 1.62 bits per heavy atom. The van der Waals surface area contributed by atoms with Crippen molar-refractivity contribution >= 4 is 44.3 Å². The van der Waals surface area contributed by atoms with Crippen molar-refractivity contribution in [2.24, 2.45) is 7.05 Å². The minimum atomic E-state index is -0.446. The minimum absolute atomic E-state index is 0.0173. The highest BCUT2D eigenvalue weighted by molar-refractivity contribution is 9.10. The summed E-state index contributed by atoms with van der Waals surface area (Å²) in [6, 6.07) is 3.22. The molecule has 5 nitrogen and oxygen atoms in total. The number of imidazole rings is 1. The second kappa shape index (κ2) is 4.03. The predicted molar refractivity (Wildman–Crippen MR) is 64.6 cm³/mol. The molecule has 16 heavy (non-hydrogen) atoms. The highest BCUT2D eigenvalue weighted by Gasteiger charge is 2.19. The molecule has 1 heterocycles. The van der Waals surface area contributed by atoms with Crippen molar-refractivity contribution in [1.82, 2.24) is 9.55 Å².